The van der Waals surface area contributed by atoms with Gasteiger partial charge in [-0.3, -0.25) is 0 Å². The van der Waals surface area contributed by atoms with E-state index in [0.717, 1.165) is 31.0 Å². The molecule has 15 heavy (non-hydrogen) atoms. The third-order valence-electron chi connectivity index (χ3n) is 4.03. The van der Waals surface area contributed by atoms with Gasteiger partial charge in [0.1, 0.15) is 0 Å². The Hall–Kier alpha value is -0.0800. The first-order chi connectivity index (χ1) is 7.15. The lowest BCUT2D eigenvalue weighted by Gasteiger charge is -2.26. The van der Waals surface area contributed by atoms with Crippen LogP contribution in [0, 0.1) is 11.8 Å². The molecule has 1 fully saturated rings. The second-order valence-electron chi connectivity index (χ2n) is 5.44. The van der Waals surface area contributed by atoms with Crippen LogP contribution >= 0.6 is 0 Å². The highest BCUT2D eigenvalue weighted by Crippen LogP contribution is 2.30. The standard InChI is InChI=1S/C13H28N2/c1-11(2)12-5-4-6-13(8-7-12)15(3)10-9-14/h11-13H,4-10,14H2,1-3H3. The van der Waals surface area contributed by atoms with Crippen LogP contribution in [0.2, 0.25) is 0 Å². The largest absolute Gasteiger partial charge is 0.329 e. The van der Waals surface area contributed by atoms with Crippen molar-refractivity contribution < 1.29 is 0 Å². The maximum absolute atomic E-state index is 5.61. The van der Waals surface area contributed by atoms with Gasteiger partial charge >= 0.3 is 0 Å². The second kappa shape index (κ2) is 6.49. The van der Waals surface area contributed by atoms with Crippen LogP contribution in [0.4, 0.5) is 0 Å². The highest BCUT2D eigenvalue weighted by atomic mass is 15.1. The Morgan fingerprint density at radius 3 is 2.53 bits per heavy atom. The van der Waals surface area contributed by atoms with E-state index in [4.69, 9.17) is 5.73 Å². The Labute approximate surface area is 95.2 Å². The lowest BCUT2D eigenvalue weighted by atomic mass is 9.89. The van der Waals surface area contributed by atoms with Crippen molar-refractivity contribution in [2.45, 2.75) is 52.0 Å². The van der Waals surface area contributed by atoms with Gasteiger partial charge in [0.2, 0.25) is 0 Å². The SMILES string of the molecule is CC(C)C1CCCC(N(C)CCN)CC1. The fourth-order valence-corrected chi connectivity index (χ4v) is 2.80. The molecule has 2 heteroatoms. The van der Waals surface area contributed by atoms with Crippen molar-refractivity contribution in [1.29, 1.82) is 0 Å². The van der Waals surface area contributed by atoms with Crippen molar-refractivity contribution in [2.24, 2.45) is 17.6 Å². The van der Waals surface area contributed by atoms with E-state index in [9.17, 15) is 0 Å². The van der Waals surface area contributed by atoms with Gasteiger partial charge in [-0.15, -0.1) is 0 Å². The van der Waals surface area contributed by atoms with Crippen molar-refractivity contribution in [3.63, 3.8) is 0 Å². The zero-order chi connectivity index (χ0) is 11.3. The topological polar surface area (TPSA) is 29.3 Å². The van der Waals surface area contributed by atoms with Gasteiger partial charge < -0.3 is 10.6 Å². The van der Waals surface area contributed by atoms with Gasteiger partial charge in [-0.1, -0.05) is 26.7 Å². The number of nitrogens with zero attached hydrogens (tertiary/aromatic N) is 1. The lowest BCUT2D eigenvalue weighted by molar-refractivity contribution is 0.222. The summed E-state index contributed by atoms with van der Waals surface area (Å²) in [4.78, 5) is 2.46. The van der Waals surface area contributed by atoms with Crippen LogP contribution in [0.5, 0.6) is 0 Å². The summed E-state index contributed by atoms with van der Waals surface area (Å²) in [5.74, 6) is 1.82. The van der Waals surface area contributed by atoms with Crippen molar-refractivity contribution in [2.75, 3.05) is 20.1 Å². The number of nitrogens with two attached hydrogens (primary N) is 1. The molecule has 2 atom stereocenters. The zero-order valence-corrected chi connectivity index (χ0v) is 10.7. The maximum Gasteiger partial charge on any atom is 0.0104 e. The Balaban J connectivity index is 2.38. The fraction of sp³-hybridized carbons (Fsp3) is 1.00. The minimum atomic E-state index is 0.789. The van der Waals surface area contributed by atoms with Gasteiger partial charge in [-0.05, 0) is 38.1 Å². The molecule has 0 radical (unpaired) electrons. The van der Waals surface area contributed by atoms with Crippen molar-refractivity contribution in [3.8, 4) is 0 Å². The number of hydrogen-bond acceptors (Lipinski definition) is 2. The summed E-state index contributed by atoms with van der Waals surface area (Å²) in [6, 6.07) is 0.789. The van der Waals surface area contributed by atoms with Gasteiger partial charge in [0.15, 0.2) is 0 Å². The number of hydrogen-bond donors (Lipinski definition) is 1. The predicted molar refractivity (Wildman–Crippen MR) is 66.9 cm³/mol. The molecule has 0 aromatic carbocycles. The highest BCUT2D eigenvalue weighted by Gasteiger charge is 2.22. The van der Waals surface area contributed by atoms with Crippen LogP contribution < -0.4 is 5.73 Å². The average molecular weight is 212 g/mol. The maximum atomic E-state index is 5.61. The molecule has 1 rings (SSSR count). The van der Waals surface area contributed by atoms with Gasteiger partial charge in [0.05, 0.1) is 0 Å². The Bertz CT molecular complexity index is 168. The third-order valence-corrected chi connectivity index (χ3v) is 4.03. The minimum Gasteiger partial charge on any atom is -0.329 e. The van der Waals surface area contributed by atoms with E-state index in [2.05, 4.69) is 25.8 Å². The molecule has 0 spiro atoms. The van der Waals surface area contributed by atoms with Gasteiger partial charge in [0, 0.05) is 19.1 Å². The quantitative estimate of drug-likeness (QED) is 0.725. The van der Waals surface area contributed by atoms with Crippen LogP contribution in [-0.4, -0.2) is 31.1 Å². The molecular weight excluding hydrogens is 184 g/mol. The van der Waals surface area contributed by atoms with Crippen LogP contribution in [0.15, 0.2) is 0 Å². The summed E-state index contributed by atoms with van der Waals surface area (Å²) in [5, 5.41) is 0. The molecule has 90 valence electrons. The van der Waals surface area contributed by atoms with E-state index in [1.54, 1.807) is 0 Å². The fourth-order valence-electron chi connectivity index (χ4n) is 2.80. The van der Waals surface area contributed by atoms with Gasteiger partial charge in [-0.2, -0.15) is 0 Å². The number of rotatable bonds is 4. The molecule has 2 N–H and O–H groups in total. The lowest BCUT2D eigenvalue weighted by Crippen LogP contribution is -2.35. The Morgan fingerprint density at radius 2 is 1.93 bits per heavy atom. The van der Waals surface area contributed by atoms with Crippen LogP contribution in [-0.2, 0) is 0 Å². The molecule has 0 bridgehead atoms. The van der Waals surface area contributed by atoms with Crippen LogP contribution in [0.1, 0.15) is 46.0 Å². The molecule has 0 saturated heterocycles. The first-order valence-electron chi connectivity index (χ1n) is 6.55. The summed E-state index contributed by atoms with van der Waals surface area (Å²) in [7, 11) is 2.23. The zero-order valence-electron chi connectivity index (χ0n) is 10.7. The van der Waals surface area contributed by atoms with E-state index in [-0.39, 0.29) is 0 Å². The van der Waals surface area contributed by atoms with Gasteiger partial charge in [0.25, 0.3) is 0 Å². The summed E-state index contributed by atoms with van der Waals surface area (Å²) < 4.78 is 0. The van der Waals surface area contributed by atoms with E-state index < -0.39 is 0 Å². The molecule has 0 aromatic heterocycles. The monoisotopic (exact) mass is 212 g/mol. The summed E-state index contributed by atoms with van der Waals surface area (Å²) in [5.41, 5.74) is 5.61. The smallest absolute Gasteiger partial charge is 0.0104 e. The summed E-state index contributed by atoms with van der Waals surface area (Å²) in [6.07, 6.45) is 7.00. The molecular formula is C13H28N2. The first kappa shape index (κ1) is 13.0. The highest BCUT2D eigenvalue weighted by molar-refractivity contribution is 4.77. The normalized spacial score (nSPS) is 28.4. The Kier molecular flexibility index (Phi) is 5.62. The predicted octanol–water partition coefficient (Wildman–Crippen LogP) is 2.48. The number of likely N-dealkylation sites (N-methyl/N-ethyl adjacent to an activating group) is 1. The molecule has 0 heterocycles. The van der Waals surface area contributed by atoms with Crippen LogP contribution in [0.3, 0.4) is 0 Å². The van der Waals surface area contributed by atoms with E-state index in [0.29, 0.717) is 0 Å². The molecule has 0 aromatic rings. The van der Waals surface area contributed by atoms with Crippen molar-refractivity contribution in [1.82, 2.24) is 4.90 Å². The van der Waals surface area contributed by atoms with Crippen LogP contribution in [0.25, 0.3) is 0 Å². The first-order valence-corrected chi connectivity index (χ1v) is 6.55. The molecule has 2 unspecified atom stereocenters. The molecule has 1 aliphatic carbocycles. The van der Waals surface area contributed by atoms with E-state index in [1.807, 2.05) is 0 Å². The van der Waals surface area contributed by atoms with E-state index in [1.165, 1.54) is 32.1 Å². The molecule has 0 aliphatic heterocycles. The molecule has 2 nitrogen and oxygen atoms in total. The second-order valence-corrected chi connectivity index (χ2v) is 5.44. The van der Waals surface area contributed by atoms with Crippen molar-refractivity contribution in [3.05, 3.63) is 0 Å². The minimum absolute atomic E-state index is 0.789. The molecule has 1 aliphatic rings. The van der Waals surface area contributed by atoms with Crippen molar-refractivity contribution >= 4 is 0 Å². The summed E-state index contributed by atoms with van der Waals surface area (Å²) >= 11 is 0. The van der Waals surface area contributed by atoms with E-state index >= 15 is 0 Å². The average Bonchev–Trinajstić information content (AvgIpc) is 2.43. The van der Waals surface area contributed by atoms with Gasteiger partial charge in [-0.25, -0.2) is 0 Å². The molecule has 0 amide bonds. The summed E-state index contributed by atoms with van der Waals surface area (Å²) in [6.45, 7) is 6.58. The third kappa shape index (κ3) is 4.12. The Morgan fingerprint density at radius 1 is 1.20 bits per heavy atom. The molecule has 1 saturated carbocycles.